The Bertz CT molecular complexity index is 835. The number of aliphatic carboxylic acids is 1. The number of rotatable bonds is 2. The summed E-state index contributed by atoms with van der Waals surface area (Å²) in [5.41, 5.74) is 8.47. The van der Waals surface area contributed by atoms with Gasteiger partial charge in [0.05, 0.1) is 5.92 Å². The number of hydrogen-bond donors (Lipinski definition) is 1. The van der Waals surface area contributed by atoms with E-state index in [9.17, 15) is 4.79 Å². The SMILES string of the molecule is CC1CC(C(=O)O)C1.Cc1cc(C)cc(-c2cc(C(C)(C)C)cc(C(C)(C)C)c2)c1. The molecule has 0 aliphatic heterocycles. The molecule has 0 bridgehead atoms. The summed E-state index contributed by atoms with van der Waals surface area (Å²) in [7, 11) is 0. The zero-order valence-corrected chi connectivity index (χ0v) is 20.4. The van der Waals surface area contributed by atoms with E-state index in [1.165, 1.54) is 33.4 Å². The van der Waals surface area contributed by atoms with Crippen molar-refractivity contribution >= 4 is 5.97 Å². The van der Waals surface area contributed by atoms with Crippen molar-refractivity contribution in [1.29, 1.82) is 0 Å². The Hall–Kier alpha value is -2.09. The van der Waals surface area contributed by atoms with Crippen molar-refractivity contribution < 1.29 is 9.90 Å². The molecule has 0 radical (unpaired) electrons. The molecule has 164 valence electrons. The van der Waals surface area contributed by atoms with Gasteiger partial charge in [-0.05, 0) is 65.7 Å². The van der Waals surface area contributed by atoms with Crippen molar-refractivity contribution in [2.45, 2.75) is 86.0 Å². The second-order valence-corrected chi connectivity index (χ2v) is 11.3. The summed E-state index contributed by atoms with van der Waals surface area (Å²) in [6, 6.07) is 13.9. The van der Waals surface area contributed by atoms with Crippen molar-refractivity contribution in [3.05, 3.63) is 58.7 Å². The first-order chi connectivity index (χ1) is 13.7. The van der Waals surface area contributed by atoms with Crippen LogP contribution in [0.15, 0.2) is 36.4 Å². The van der Waals surface area contributed by atoms with Crippen LogP contribution in [0.25, 0.3) is 11.1 Å². The average Bonchev–Trinajstić information content (AvgIpc) is 2.56. The second-order valence-electron chi connectivity index (χ2n) is 11.3. The lowest BCUT2D eigenvalue weighted by Crippen LogP contribution is -2.28. The Morgan fingerprint density at radius 1 is 0.767 bits per heavy atom. The van der Waals surface area contributed by atoms with E-state index >= 15 is 0 Å². The lowest BCUT2D eigenvalue weighted by molar-refractivity contribution is -0.146. The van der Waals surface area contributed by atoms with Gasteiger partial charge in [-0.15, -0.1) is 0 Å². The molecule has 2 aromatic rings. The molecule has 0 amide bonds. The Morgan fingerprint density at radius 3 is 1.47 bits per heavy atom. The predicted molar refractivity (Wildman–Crippen MR) is 128 cm³/mol. The van der Waals surface area contributed by atoms with Gasteiger partial charge in [0.25, 0.3) is 0 Å². The Balaban J connectivity index is 0.000000335. The number of carbonyl (C=O) groups is 1. The number of aryl methyl sites for hydroxylation is 2. The first-order valence-corrected chi connectivity index (χ1v) is 11.1. The zero-order chi connectivity index (χ0) is 22.9. The van der Waals surface area contributed by atoms with Gasteiger partial charge in [0, 0.05) is 0 Å². The summed E-state index contributed by atoms with van der Waals surface area (Å²) >= 11 is 0. The van der Waals surface area contributed by atoms with E-state index in [2.05, 4.69) is 98.7 Å². The van der Waals surface area contributed by atoms with E-state index in [-0.39, 0.29) is 16.7 Å². The van der Waals surface area contributed by atoms with Crippen LogP contribution in [-0.2, 0) is 15.6 Å². The normalized spacial score (nSPS) is 18.8. The van der Waals surface area contributed by atoms with Crippen LogP contribution >= 0.6 is 0 Å². The monoisotopic (exact) mass is 408 g/mol. The zero-order valence-electron chi connectivity index (χ0n) is 20.4. The number of carboxylic acids is 1. The van der Waals surface area contributed by atoms with Crippen LogP contribution in [0.4, 0.5) is 0 Å². The van der Waals surface area contributed by atoms with Gasteiger partial charge in [-0.3, -0.25) is 4.79 Å². The first kappa shape index (κ1) is 24.2. The van der Waals surface area contributed by atoms with Crippen molar-refractivity contribution in [3.63, 3.8) is 0 Å². The highest BCUT2D eigenvalue weighted by Crippen LogP contribution is 2.34. The molecule has 1 saturated carbocycles. The molecule has 1 aliphatic rings. The van der Waals surface area contributed by atoms with Crippen molar-refractivity contribution in [2.75, 3.05) is 0 Å². The highest BCUT2D eigenvalue weighted by molar-refractivity contribution is 5.71. The number of carboxylic acid groups (broad SMARTS) is 1. The maximum Gasteiger partial charge on any atom is 0.306 e. The Morgan fingerprint density at radius 2 is 1.17 bits per heavy atom. The molecule has 0 unspecified atom stereocenters. The molecule has 0 spiro atoms. The fourth-order valence-electron chi connectivity index (χ4n) is 3.91. The third-order valence-electron chi connectivity index (χ3n) is 5.94. The third-order valence-corrected chi connectivity index (χ3v) is 5.94. The fourth-order valence-corrected chi connectivity index (χ4v) is 3.91. The van der Waals surface area contributed by atoms with Crippen LogP contribution in [0.5, 0.6) is 0 Å². The number of hydrogen-bond acceptors (Lipinski definition) is 1. The van der Waals surface area contributed by atoms with Crippen molar-refractivity contribution in [2.24, 2.45) is 11.8 Å². The second kappa shape index (κ2) is 8.96. The van der Waals surface area contributed by atoms with Crippen LogP contribution in [0, 0.1) is 25.7 Å². The van der Waals surface area contributed by atoms with E-state index in [1.54, 1.807) is 0 Å². The molecule has 2 aromatic carbocycles. The minimum Gasteiger partial charge on any atom is -0.481 e. The predicted octanol–water partition coefficient (Wildman–Crippen LogP) is 7.68. The lowest BCUT2D eigenvalue weighted by atomic mass is 9.76. The minimum atomic E-state index is -0.622. The highest BCUT2D eigenvalue weighted by atomic mass is 16.4. The molecular weight excluding hydrogens is 368 g/mol. The quantitative estimate of drug-likeness (QED) is 0.553. The van der Waals surface area contributed by atoms with Gasteiger partial charge in [0.2, 0.25) is 0 Å². The summed E-state index contributed by atoms with van der Waals surface area (Å²) in [5.74, 6) is 0.00389. The van der Waals surface area contributed by atoms with Gasteiger partial charge in [0.1, 0.15) is 0 Å². The summed E-state index contributed by atoms with van der Waals surface area (Å²) in [6.45, 7) is 20.2. The standard InChI is InChI=1S/C22H30.C6H10O2/c1-15-9-16(2)11-17(10-15)18-12-19(21(3,4)5)14-20(13-18)22(6,7)8;1-4-2-5(3-4)6(7)8/h9-14H,1-8H3;4-5H,2-3H2,1H3,(H,7,8). The van der Waals surface area contributed by atoms with Gasteiger partial charge < -0.3 is 5.11 Å². The minimum absolute atomic E-state index is 0.0231. The first-order valence-electron chi connectivity index (χ1n) is 11.1. The van der Waals surface area contributed by atoms with Crippen molar-refractivity contribution in [1.82, 2.24) is 0 Å². The van der Waals surface area contributed by atoms with Crippen molar-refractivity contribution in [3.8, 4) is 11.1 Å². The molecule has 0 heterocycles. The third kappa shape index (κ3) is 6.45. The molecule has 3 rings (SSSR count). The fraction of sp³-hybridized carbons (Fsp3) is 0.536. The van der Waals surface area contributed by atoms with Crippen LogP contribution in [0.1, 0.15) is 83.6 Å². The van der Waals surface area contributed by atoms with E-state index in [1.807, 2.05) is 0 Å². The largest absolute Gasteiger partial charge is 0.481 e. The molecule has 0 atom stereocenters. The summed E-state index contributed by atoms with van der Waals surface area (Å²) in [5, 5.41) is 8.35. The van der Waals surface area contributed by atoms with E-state index in [0.717, 1.165) is 12.8 Å². The molecule has 1 fully saturated rings. The van der Waals surface area contributed by atoms with E-state index in [4.69, 9.17) is 5.11 Å². The van der Waals surface area contributed by atoms with Gasteiger partial charge in [0.15, 0.2) is 0 Å². The van der Waals surface area contributed by atoms with Crippen LogP contribution < -0.4 is 0 Å². The number of benzene rings is 2. The molecule has 0 saturated heterocycles. The Labute approximate surface area is 183 Å². The van der Waals surface area contributed by atoms with E-state index in [0.29, 0.717) is 5.92 Å². The van der Waals surface area contributed by atoms with Gasteiger partial charge in [-0.2, -0.15) is 0 Å². The van der Waals surface area contributed by atoms with E-state index < -0.39 is 5.97 Å². The lowest BCUT2D eigenvalue weighted by Gasteiger charge is -2.28. The molecule has 0 aromatic heterocycles. The molecule has 2 heteroatoms. The van der Waals surface area contributed by atoms with Crippen LogP contribution in [0.2, 0.25) is 0 Å². The summed E-state index contributed by atoms with van der Waals surface area (Å²) in [6.07, 6.45) is 1.77. The van der Waals surface area contributed by atoms with Crippen LogP contribution in [0.3, 0.4) is 0 Å². The Kier molecular flexibility index (Phi) is 7.22. The molecular formula is C28H40O2. The topological polar surface area (TPSA) is 37.3 Å². The molecule has 2 nitrogen and oxygen atoms in total. The summed E-state index contributed by atoms with van der Waals surface area (Å²) < 4.78 is 0. The van der Waals surface area contributed by atoms with Gasteiger partial charge in [-0.25, -0.2) is 0 Å². The molecule has 1 aliphatic carbocycles. The maximum absolute atomic E-state index is 10.1. The summed E-state index contributed by atoms with van der Waals surface area (Å²) in [4.78, 5) is 10.1. The maximum atomic E-state index is 10.1. The molecule has 30 heavy (non-hydrogen) atoms. The van der Waals surface area contributed by atoms with Gasteiger partial charge >= 0.3 is 5.97 Å². The average molecular weight is 409 g/mol. The van der Waals surface area contributed by atoms with Gasteiger partial charge in [-0.1, -0.05) is 96.0 Å². The smallest absolute Gasteiger partial charge is 0.306 e. The highest BCUT2D eigenvalue weighted by Gasteiger charge is 2.30. The van der Waals surface area contributed by atoms with Crippen LogP contribution in [-0.4, -0.2) is 11.1 Å². The molecule has 1 N–H and O–H groups in total.